The second-order valence-electron chi connectivity index (χ2n) is 4.51. The quantitative estimate of drug-likeness (QED) is 0.657. The van der Waals surface area contributed by atoms with E-state index in [0.29, 0.717) is 12.1 Å². The summed E-state index contributed by atoms with van der Waals surface area (Å²) in [5, 5.41) is 18.3. The predicted octanol–water partition coefficient (Wildman–Crippen LogP) is 2.94. The third kappa shape index (κ3) is 3.57. The largest absolute Gasteiger partial charge is 0.381 e. The maximum Gasteiger partial charge on any atom is 0.324 e. The van der Waals surface area contributed by atoms with Gasteiger partial charge < -0.3 is 10.6 Å². The van der Waals surface area contributed by atoms with Gasteiger partial charge in [0.25, 0.3) is 5.91 Å². The number of amides is 1. The molecule has 0 saturated carbocycles. The number of nitrogens with zero attached hydrogens (tertiary/aromatic N) is 1. The summed E-state index contributed by atoms with van der Waals surface area (Å²) < 4.78 is 0. The van der Waals surface area contributed by atoms with E-state index in [1.165, 1.54) is 0 Å². The highest BCUT2D eigenvalue weighted by molar-refractivity contribution is 7.13. The third-order valence-corrected chi connectivity index (χ3v) is 3.96. The van der Waals surface area contributed by atoms with Crippen LogP contribution in [0, 0.1) is 17.0 Å². The average molecular weight is 305 g/mol. The van der Waals surface area contributed by atoms with E-state index in [9.17, 15) is 14.9 Å². The Bertz CT molecular complexity index is 682. The zero-order valence-electron chi connectivity index (χ0n) is 11.7. The number of nitro groups is 1. The first-order valence-corrected chi connectivity index (χ1v) is 7.17. The van der Waals surface area contributed by atoms with Gasteiger partial charge in [-0.15, -0.1) is 0 Å². The highest BCUT2D eigenvalue weighted by Gasteiger charge is 2.10. The van der Waals surface area contributed by atoms with Gasteiger partial charge >= 0.3 is 5.00 Å². The van der Waals surface area contributed by atoms with Crippen molar-refractivity contribution in [3.8, 4) is 0 Å². The molecule has 0 saturated heterocycles. The summed E-state index contributed by atoms with van der Waals surface area (Å²) in [6, 6.07) is 6.95. The Hall–Kier alpha value is -2.41. The summed E-state index contributed by atoms with van der Waals surface area (Å²) in [4.78, 5) is 21.9. The van der Waals surface area contributed by atoms with Gasteiger partial charge in [-0.3, -0.25) is 14.9 Å². The van der Waals surface area contributed by atoms with E-state index in [1.54, 1.807) is 30.6 Å². The van der Waals surface area contributed by atoms with Crippen LogP contribution in [0.2, 0.25) is 0 Å². The minimum atomic E-state index is -0.397. The molecular weight excluding hydrogens is 290 g/mol. The Morgan fingerprint density at radius 2 is 2.14 bits per heavy atom. The molecule has 0 bridgehead atoms. The SMILES string of the molecule is CNC(=O)c1ccc(C)c(NCc2csc([N+](=O)[O-])c2)c1. The lowest BCUT2D eigenvalue weighted by molar-refractivity contribution is -0.380. The predicted molar refractivity (Wildman–Crippen MR) is 82.9 cm³/mol. The molecule has 0 fully saturated rings. The van der Waals surface area contributed by atoms with Crippen molar-refractivity contribution in [2.75, 3.05) is 12.4 Å². The van der Waals surface area contributed by atoms with Crippen LogP contribution in [-0.2, 0) is 6.54 Å². The minimum Gasteiger partial charge on any atom is -0.381 e. The Morgan fingerprint density at radius 3 is 2.76 bits per heavy atom. The van der Waals surface area contributed by atoms with E-state index >= 15 is 0 Å². The first-order chi connectivity index (χ1) is 10.0. The molecule has 7 heteroatoms. The van der Waals surface area contributed by atoms with Crippen molar-refractivity contribution in [2.45, 2.75) is 13.5 Å². The van der Waals surface area contributed by atoms with Crippen LogP contribution in [0.3, 0.4) is 0 Å². The van der Waals surface area contributed by atoms with Crippen molar-refractivity contribution >= 4 is 27.9 Å². The van der Waals surface area contributed by atoms with Crippen molar-refractivity contribution in [1.82, 2.24) is 5.32 Å². The fourth-order valence-corrected chi connectivity index (χ4v) is 2.58. The molecule has 0 atom stereocenters. The summed E-state index contributed by atoms with van der Waals surface area (Å²) in [5.74, 6) is -0.149. The standard InChI is InChI=1S/C14H15N3O3S/c1-9-3-4-11(14(18)15-2)6-12(9)16-7-10-5-13(17(19)20)21-8-10/h3-6,8,16H,7H2,1-2H3,(H,15,18). The number of hydrogen-bond donors (Lipinski definition) is 2. The second kappa shape index (κ2) is 6.36. The minimum absolute atomic E-state index is 0.127. The van der Waals surface area contributed by atoms with Crippen LogP contribution >= 0.6 is 11.3 Å². The molecule has 1 aromatic heterocycles. The number of nitrogens with one attached hydrogen (secondary N) is 2. The van der Waals surface area contributed by atoms with Crippen LogP contribution in [0.5, 0.6) is 0 Å². The van der Waals surface area contributed by atoms with E-state index in [1.807, 2.05) is 13.0 Å². The number of carbonyl (C=O) groups is 1. The second-order valence-corrected chi connectivity index (χ2v) is 5.40. The molecule has 21 heavy (non-hydrogen) atoms. The van der Waals surface area contributed by atoms with Crippen LogP contribution in [-0.4, -0.2) is 17.9 Å². The lowest BCUT2D eigenvalue weighted by Gasteiger charge is -2.10. The van der Waals surface area contributed by atoms with Crippen molar-refractivity contribution in [2.24, 2.45) is 0 Å². The van der Waals surface area contributed by atoms with Gasteiger partial charge in [-0.05, 0) is 30.2 Å². The van der Waals surface area contributed by atoms with Crippen molar-refractivity contribution in [3.05, 3.63) is 56.5 Å². The first-order valence-electron chi connectivity index (χ1n) is 6.29. The van der Waals surface area contributed by atoms with Crippen molar-refractivity contribution in [1.29, 1.82) is 0 Å². The number of benzene rings is 1. The number of thiophene rings is 1. The molecule has 0 aliphatic heterocycles. The van der Waals surface area contributed by atoms with Gasteiger partial charge in [-0.1, -0.05) is 17.4 Å². The summed E-state index contributed by atoms with van der Waals surface area (Å²) in [5.41, 5.74) is 3.26. The average Bonchev–Trinajstić information content (AvgIpc) is 2.94. The maximum absolute atomic E-state index is 11.6. The van der Waals surface area contributed by atoms with Gasteiger partial charge in [0.15, 0.2) is 0 Å². The maximum atomic E-state index is 11.6. The normalized spacial score (nSPS) is 10.2. The van der Waals surface area contributed by atoms with Crippen LogP contribution < -0.4 is 10.6 Å². The Balaban J connectivity index is 2.11. The highest BCUT2D eigenvalue weighted by Crippen LogP contribution is 2.24. The summed E-state index contributed by atoms with van der Waals surface area (Å²) >= 11 is 1.11. The van der Waals surface area contributed by atoms with Gasteiger partial charge in [0.05, 0.1) is 4.92 Å². The van der Waals surface area contributed by atoms with E-state index < -0.39 is 4.92 Å². The number of aryl methyl sites for hydroxylation is 1. The fourth-order valence-electron chi connectivity index (χ4n) is 1.85. The molecule has 0 aliphatic rings. The number of hydrogen-bond acceptors (Lipinski definition) is 5. The van der Waals surface area contributed by atoms with Gasteiger partial charge in [0, 0.05) is 36.3 Å². The zero-order valence-corrected chi connectivity index (χ0v) is 12.5. The van der Waals surface area contributed by atoms with E-state index in [-0.39, 0.29) is 10.9 Å². The lowest BCUT2D eigenvalue weighted by Crippen LogP contribution is -2.18. The number of carbonyl (C=O) groups excluding carboxylic acids is 1. The molecule has 0 radical (unpaired) electrons. The monoisotopic (exact) mass is 305 g/mol. The lowest BCUT2D eigenvalue weighted by atomic mass is 10.1. The Morgan fingerprint density at radius 1 is 1.38 bits per heavy atom. The fraction of sp³-hybridized carbons (Fsp3) is 0.214. The summed E-state index contributed by atoms with van der Waals surface area (Å²) in [6.45, 7) is 2.41. The summed E-state index contributed by atoms with van der Waals surface area (Å²) in [7, 11) is 1.58. The molecule has 1 heterocycles. The molecule has 0 unspecified atom stereocenters. The van der Waals surface area contributed by atoms with E-state index in [4.69, 9.17) is 0 Å². The highest BCUT2D eigenvalue weighted by atomic mass is 32.1. The van der Waals surface area contributed by atoms with Gasteiger partial charge in [0.1, 0.15) is 0 Å². The zero-order chi connectivity index (χ0) is 15.4. The van der Waals surface area contributed by atoms with Crippen molar-refractivity contribution < 1.29 is 9.72 Å². The molecule has 0 spiro atoms. The number of rotatable bonds is 5. The third-order valence-electron chi connectivity index (χ3n) is 3.03. The Labute approximate surface area is 126 Å². The topological polar surface area (TPSA) is 84.3 Å². The van der Waals surface area contributed by atoms with Crippen LogP contribution in [0.25, 0.3) is 0 Å². The molecule has 6 nitrogen and oxygen atoms in total. The van der Waals surface area contributed by atoms with Crippen molar-refractivity contribution in [3.63, 3.8) is 0 Å². The van der Waals surface area contributed by atoms with E-state index in [2.05, 4.69) is 10.6 Å². The molecule has 110 valence electrons. The Kier molecular flexibility index (Phi) is 4.54. The van der Waals surface area contributed by atoms with Crippen LogP contribution in [0.15, 0.2) is 29.6 Å². The molecule has 2 rings (SSSR count). The summed E-state index contributed by atoms with van der Waals surface area (Å²) in [6.07, 6.45) is 0. The molecular formula is C14H15N3O3S. The van der Waals surface area contributed by atoms with E-state index in [0.717, 1.165) is 28.2 Å². The molecule has 2 aromatic rings. The van der Waals surface area contributed by atoms with Crippen LogP contribution in [0.4, 0.5) is 10.7 Å². The number of anilines is 1. The van der Waals surface area contributed by atoms with Gasteiger partial charge in [-0.25, -0.2) is 0 Å². The molecule has 1 aromatic carbocycles. The van der Waals surface area contributed by atoms with Crippen LogP contribution in [0.1, 0.15) is 21.5 Å². The van der Waals surface area contributed by atoms with Gasteiger partial charge in [0.2, 0.25) is 0 Å². The smallest absolute Gasteiger partial charge is 0.324 e. The molecule has 2 N–H and O–H groups in total. The molecule has 0 aliphatic carbocycles. The molecule has 1 amide bonds. The van der Waals surface area contributed by atoms with Gasteiger partial charge in [-0.2, -0.15) is 0 Å². The first kappa shape index (κ1) is 15.0.